The number of carbonyl (C=O) groups is 1. The Labute approximate surface area is 199 Å². The lowest BCUT2D eigenvalue weighted by atomic mass is 10.1. The van der Waals surface area contributed by atoms with Crippen molar-refractivity contribution >= 4 is 29.0 Å². The molecule has 9 heteroatoms. The average Bonchev–Trinajstić information content (AvgIpc) is 3.51. The summed E-state index contributed by atoms with van der Waals surface area (Å²) in [5.41, 5.74) is 4.68. The van der Waals surface area contributed by atoms with Gasteiger partial charge in [0.2, 0.25) is 11.9 Å². The summed E-state index contributed by atoms with van der Waals surface area (Å²) in [6.07, 6.45) is 5.49. The predicted octanol–water partition coefficient (Wildman–Crippen LogP) is 3.55. The Bertz CT molecular complexity index is 1110. The van der Waals surface area contributed by atoms with Crippen LogP contribution in [0, 0.1) is 12.7 Å². The van der Waals surface area contributed by atoms with Crippen LogP contribution in [0.1, 0.15) is 37.7 Å². The van der Waals surface area contributed by atoms with Gasteiger partial charge in [0.15, 0.2) is 11.6 Å². The zero-order valence-electron chi connectivity index (χ0n) is 19.8. The first-order chi connectivity index (χ1) is 16.5. The second-order valence-electron chi connectivity index (χ2n) is 9.49. The van der Waals surface area contributed by atoms with E-state index in [2.05, 4.69) is 61.8 Å². The Kier molecular flexibility index (Phi) is 6.36. The first kappa shape index (κ1) is 22.6. The van der Waals surface area contributed by atoms with Crippen molar-refractivity contribution in [2.45, 2.75) is 45.1 Å². The van der Waals surface area contributed by atoms with Gasteiger partial charge in [0.1, 0.15) is 0 Å². The molecule has 3 aliphatic rings. The molecule has 0 bridgehead atoms. The lowest BCUT2D eigenvalue weighted by Crippen LogP contribution is -2.44. The topological polar surface area (TPSA) is 85.4 Å². The number of nitrogens with zero attached hydrogens (tertiary/aromatic N) is 4. The fourth-order valence-corrected chi connectivity index (χ4v) is 4.55. The van der Waals surface area contributed by atoms with Gasteiger partial charge in [-0.25, -0.2) is 9.37 Å². The summed E-state index contributed by atoms with van der Waals surface area (Å²) < 4.78 is 14.5. The number of amides is 1. The van der Waals surface area contributed by atoms with Gasteiger partial charge in [-0.2, -0.15) is 4.98 Å². The van der Waals surface area contributed by atoms with Crippen LogP contribution in [-0.2, 0) is 4.79 Å². The maximum absolute atomic E-state index is 14.5. The van der Waals surface area contributed by atoms with Crippen molar-refractivity contribution in [3.63, 3.8) is 0 Å². The predicted molar refractivity (Wildman–Crippen MR) is 132 cm³/mol. The van der Waals surface area contributed by atoms with Crippen molar-refractivity contribution in [3.05, 3.63) is 47.0 Å². The molecule has 0 spiro atoms. The van der Waals surface area contributed by atoms with Crippen LogP contribution in [0.25, 0.3) is 0 Å². The van der Waals surface area contributed by atoms with E-state index in [4.69, 9.17) is 0 Å². The van der Waals surface area contributed by atoms with Crippen LogP contribution >= 0.6 is 0 Å². The van der Waals surface area contributed by atoms with Gasteiger partial charge in [0.25, 0.3) is 0 Å². The molecule has 2 aromatic rings. The molecule has 2 fully saturated rings. The average molecular weight is 466 g/mol. The fourth-order valence-electron chi connectivity index (χ4n) is 4.55. The summed E-state index contributed by atoms with van der Waals surface area (Å²) in [7, 11) is 2.15. The van der Waals surface area contributed by atoms with Gasteiger partial charge < -0.3 is 25.8 Å². The molecule has 1 saturated carbocycles. The Morgan fingerprint density at radius 1 is 1.12 bits per heavy atom. The number of halogens is 1. The molecule has 2 heterocycles. The highest BCUT2D eigenvalue weighted by atomic mass is 19.1. The SMILES string of the molecule is Cc1cc(Nc2ncc(F)c(NC3=C(C(=O)NC4CC4)CCC3)n2)ccc1N1CCN(C)CC1. The lowest BCUT2D eigenvalue weighted by Gasteiger charge is -2.35. The normalized spacial score (nSPS) is 18.9. The Morgan fingerprint density at radius 3 is 2.65 bits per heavy atom. The highest BCUT2D eigenvalue weighted by Crippen LogP contribution is 2.30. The van der Waals surface area contributed by atoms with E-state index in [1.54, 1.807) is 0 Å². The Hall–Kier alpha value is -3.20. The van der Waals surface area contributed by atoms with Crippen molar-refractivity contribution < 1.29 is 9.18 Å². The van der Waals surface area contributed by atoms with Crippen LogP contribution in [0.2, 0.25) is 0 Å². The van der Waals surface area contributed by atoms with E-state index in [1.165, 1.54) is 5.69 Å². The van der Waals surface area contributed by atoms with Crippen molar-refractivity contribution in [2.75, 3.05) is 48.8 Å². The quantitative estimate of drug-likeness (QED) is 0.577. The van der Waals surface area contributed by atoms with Gasteiger partial charge in [-0.1, -0.05) is 0 Å². The zero-order valence-corrected chi connectivity index (χ0v) is 19.8. The van der Waals surface area contributed by atoms with Crippen LogP contribution in [0.4, 0.5) is 27.5 Å². The fraction of sp³-hybridized carbons (Fsp3) is 0.480. The van der Waals surface area contributed by atoms with E-state index in [0.717, 1.165) is 68.6 Å². The van der Waals surface area contributed by atoms with Crippen molar-refractivity contribution in [1.29, 1.82) is 0 Å². The number of benzene rings is 1. The van der Waals surface area contributed by atoms with Gasteiger partial charge in [-0.05, 0) is 69.8 Å². The van der Waals surface area contributed by atoms with Gasteiger partial charge >= 0.3 is 0 Å². The summed E-state index contributed by atoms with van der Waals surface area (Å²) in [5.74, 6) is -0.213. The number of piperazine rings is 1. The second kappa shape index (κ2) is 9.58. The maximum atomic E-state index is 14.5. The summed E-state index contributed by atoms with van der Waals surface area (Å²) in [4.78, 5) is 25.7. The molecule has 0 atom stereocenters. The largest absolute Gasteiger partial charge is 0.369 e. The van der Waals surface area contributed by atoms with E-state index >= 15 is 0 Å². The first-order valence-electron chi connectivity index (χ1n) is 12.1. The second-order valence-corrected chi connectivity index (χ2v) is 9.49. The number of aromatic nitrogens is 2. The maximum Gasteiger partial charge on any atom is 0.249 e. The number of rotatable bonds is 7. The highest BCUT2D eigenvalue weighted by Gasteiger charge is 2.28. The third-order valence-corrected chi connectivity index (χ3v) is 6.71. The van der Waals surface area contributed by atoms with E-state index < -0.39 is 5.82 Å². The minimum atomic E-state index is -0.548. The third kappa shape index (κ3) is 5.14. The molecule has 0 unspecified atom stereocenters. The molecule has 1 aromatic heterocycles. The van der Waals surface area contributed by atoms with Crippen LogP contribution < -0.4 is 20.9 Å². The number of aryl methyl sites for hydroxylation is 1. The summed E-state index contributed by atoms with van der Waals surface area (Å²) in [6, 6.07) is 6.47. The lowest BCUT2D eigenvalue weighted by molar-refractivity contribution is -0.117. The minimum Gasteiger partial charge on any atom is -0.369 e. The zero-order chi connectivity index (χ0) is 23.7. The molecule has 1 saturated heterocycles. The van der Waals surface area contributed by atoms with Crippen LogP contribution in [0.3, 0.4) is 0 Å². The van der Waals surface area contributed by atoms with E-state index in [-0.39, 0.29) is 11.7 Å². The molecule has 8 nitrogen and oxygen atoms in total. The number of carbonyl (C=O) groups excluding carboxylic acids is 1. The molecule has 1 aliphatic heterocycles. The molecule has 2 aliphatic carbocycles. The minimum absolute atomic E-state index is 0.0498. The number of hydrogen-bond acceptors (Lipinski definition) is 7. The summed E-state index contributed by atoms with van der Waals surface area (Å²) in [6.45, 7) is 6.23. The standard InChI is InChI=1S/C25H32FN7O/c1-16-14-18(8-9-22(16)33-12-10-32(2)11-13-33)29-25-27-15-20(26)23(31-25)30-21-5-3-4-19(21)24(34)28-17-6-7-17/h8-9,14-15,17H,3-7,10-13H2,1-2H3,(H,28,34)(H2,27,29,30,31). The molecule has 5 rings (SSSR count). The van der Waals surface area contributed by atoms with Crippen LogP contribution in [-0.4, -0.2) is 60.0 Å². The molecule has 34 heavy (non-hydrogen) atoms. The monoisotopic (exact) mass is 465 g/mol. The van der Waals surface area contributed by atoms with Gasteiger partial charge in [0, 0.05) is 54.9 Å². The molecule has 0 radical (unpaired) electrons. The number of hydrogen-bond donors (Lipinski definition) is 3. The summed E-state index contributed by atoms with van der Waals surface area (Å²) in [5, 5.41) is 9.29. The Morgan fingerprint density at radius 2 is 1.91 bits per heavy atom. The van der Waals surface area contributed by atoms with Crippen molar-refractivity contribution in [1.82, 2.24) is 20.2 Å². The van der Waals surface area contributed by atoms with Crippen molar-refractivity contribution in [3.8, 4) is 0 Å². The molecular weight excluding hydrogens is 433 g/mol. The molecule has 1 aromatic carbocycles. The number of anilines is 4. The number of likely N-dealkylation sites (N-methyl/N-ethyl adjacent to an activating group) is 1. The number of allylic oxidation sites excluding steroid dienone is 1. The van der Waals surface area contributed by atoms with E-state index in [0.29, 0.717) is 30.4 Å². The molecular formula is C25H32FN7O. The van der Waals surface area contributed by atoms with Crippen LogP contribution in [0.5, 0.6) is 0 Å². The van der Waals surface area contributed by atoms with E-state index in [9.17, 15) is 9.18 Å². The third-order valence-electron chi connectivity index (χ3n) is 6.71. The Balaban J connectivity index is 1.29. The van der Waals surface area contributed by atoms with Gasteiger partial charge in [0.05, 0.1) is 6.20 Å². The molecule has 1 amide bonds. The summed E-state index contributed by atoms with van der Waals surface area (Å²) >= 11 is 0. The number of nitrogens with one attached hydrogen (secondary N) is 3. The molecule has 3 N–H and O–H groups in total. The van der Waals surface area contributed by atoms with Crippen molar-refractivity contribution in [2.24, 2.45) is 0 Å². The van der Waals surface area contributed by atoms with E-state index in [1.807, 2.05) is 6.07 Å². The highest BCUT2D eigenvalue weighted by molar-refractivity contribution is 5.95. The molecule has 180 valence electrons. The van der Waals surface area contributed by atoms with Gasteiger partial charge in [-0.15, -0.1) is 0 Å². The smallest absolute Gasteiger partial charge is 0.249 e. The first-order valence-corrected chi connectivity index (χ1v) is 12.1. The van der Waals surface area contributed by atoms with Crippen LogP contribution in [0.15, 0.2) is 35.7 Å². The van der Waals surface area contributed by atoms with Gasteiger partial charge in [-0.3, -0.25) is 4.79 Å².